The first-order chi connectivity index (χ1) is 8.71. The maximum atomic E-state index is 13.1. The van der Waals surface area contributed by atoms with Gasteiger partial charge in [0.25, 0.3) is 0 Å². The molecule has 1 N–H and O–H groups in total. The summed E-state index contributed by atoms with van der Waals surface area (Å²) in [6, 6.07) is 6.32. The average Bonchev–Trinajstić information content (AvgIpc) is 2.39. The Hall–Kier alpha value is -1.48. The summed E-state index contributed by atoms with van der Waals surface area (Å²) in [5.74, 6) is -0.490. The second kappa shape index (κ2) is 7.77. The molecule has 0 aliphatic carbocycles. The van der Waals surface area contributed by atoms with E-state index in [0.717, 1.165) is 5.56 Å². The molecule has 1 rings (SSSR count). The van der Waals surface area contributed by atoms with Crippen LogP contribution in [0.1, 0.15) is 11.1 Å². The Morgan fingerprint density at radius 3 is 2.83 bits per heavy atom. The average molecular weight is 252 g/mol. The van der Waals surface area contributed by atoms with Crippen LogP contribution in [-0.2, 0) is 16.0 Å². The Morgan fingerprint density at radius 2 is 2.22 bits per heavy atom. The monoisotopic (exact) mass is 252 g/mol. The summed E-state index contributed by atoms with van der Waals surface area (Å²) in [7, 11) is 3.24. The van der Waals surface area contributed by atoms with Crippen molar-refractivity contribution in [1.29, 1.82) is 5.26 Å². The third-order valence-corrected chi connectivity index (χ3v) is 2.54. The summed E-state index contributed by atoms with van der Waals surface area (Å²) in [5, 5.41) is 11.9. The quantitative estimate of drug-likeness (QED) is 0.798. The van der Waals surface area contributed by atoms with Crippen molar-refractivity contribution in [2.75, 3.05) is 27.4 Å². The highest BCUT2D eigenvalue weighted by Crippen LogP contribution is 2.09. The molecule has 0 saturated carbocycles. The van der Waals surface area contributed by atoms with Crippen LogP contribution >= 0.6 is 0 Å². The van der Waals surface area contributed by atoms with E-state index in [4.69, 9.17) is 14.7 Å². The van der Waals surface area contributed by atoms with Crippen LogP contribution in [-0.4, -0.2) is 33.5 Å². The van der Waals surface area contributed by atoms with E-state index in [-0.39, 0.29) is 11.7 Å². The maximum absolute atomic E-state index is 13.1. The molecule has 1 atom stereocenters. The smallest absolute Gasteiger partial charge is 0.140 e. The van der Waals surface area contributed by atoms with Crippen molar-refractivity contribution < 1.29 is 13.9 Å². The van der Waals surface area contributed by atoms with Crippen LogP contribution in [0.4, 0.5) is 4.39 Å². The van der Waals surface area contributed by atoms with Crippen molar-refractivity contribution in [2.24, 2.45) is 0 Å². The van der Waals surface area contributed by atoms with Crippen LogP contribution in [0.15, 0.2) is 18.2 Å². The molecule has 4 nitrogen and oxygen atoms in total. The van der Waals surface area contributed by atoms with Gasteiger partial charge in [-0.15, -0.1) is 0 Å². The maximum Gasteiger partial charge on any atom is 0.140 e. The van der Waals surface area contributed by atoms with E-state index in [1.54, 1.807) is 26.4 Å². The molecule has 0 aromatic heterocycles. The molecule has 0 radical (unpaired) electrons. The van der Waals surface area contributed by atoms with E-state index in [2.05, 4.69) is 5.32 Å². The number of hydrogen-bond donors (Lipinski definition) is 1. The first kappa shape index (κ1) is 14.6. The third kappa shape index (κ3) is 4.41. The molecule has 0 saturated heterocycles. The highest BCUT2D eigenvalue weighted by Gasteiger charge is 2.07. The predicted molar refractivity (Wildman–Crippen MR) is 65.5 cm³/mol. The predicted octanol–water partition coefficient (Wildman–Crippen LogP) is 1.45. The highest BCUT2D eigenvalue weighted by molar-refractivity contribution is 5.34. The van der Waals surface area contributed by atoms with Gasteiger partial charge in [-0.3, -0.25) is 0 Å². The van der Waals surface area contributed by atoms with Crippen LogP contribution in [0.3, 0.4) is 0 Å². The number of benzene rings is 1. The molecule has 98 valence electrons. The molecule has 0 aliphatic heterocycles. The zero-order chi connectivity index (χ0) is 13.4. The highest BCUT2D eigenvalue weighted by atomic mass is 19.1. The van der Waals surface area contributed by atoms with Crippen molar-refractivity contribution in [3.05, 3.63) is 35.1 Å². The molecule has 1 aromatic carbocycles. The summed E-state index contributed by atoms with van der Waals surface area (Å²) < 4.78 is 23.3. The molecular weight excluding hydrogens is 235 g/mol. The normalized spacial score (nSPS) is 12.1. The van der Waals surface area contributed by atoms with Gasteiger partial charge in [-0.25, -0.2) is 4.39 Å². The van der Waals surface area contributed by atoms with Crippen molar-refractivity contribution >= 4 is 0 Å². The van der Waals surface area contributed by atoms with Gasteiger partial charge in [0.2, 0.25) is 0 Å². The minimum Gasteiger partial charge on any atom is -0.382 e. The lowest BCUT2D eigenvalue weighted by atomic mass is 10.1. The topological polar surface area (TPSA) is 54.3 Å². The molecule has 0 heterocycles. The van der Waals surface area contributed by atoms with Crippen LogP contribution in [0.5, 0.6) is 0 Å². The van der Waals surface area contributed by atoms with Gasteiger partial charge in [0, 0.05) is 27.3 Å². The second-order valence-corrected chi connectivity index (χ2v) is 3.87. The Labute approximate surface area is 106 Å². The van der Waals surface area contributed by atoms with Crippen LogP contribution < -0.4 is 5.32 Å². The van der Waals surface area contributed by atoms with Gasteiger partial charge in [-0.2, -0.15) is 5.26 Å². The van der Waals surface area contributed by atoms with Gasteiger partial charge in [-0.1, -0.05) is 6.07 Å². The van der Waals surface area contributed by atoms with Crippen LogP contribution in [0.25, 0.3) is 0 Å². The first-order valence-corrected chi connectivity index (χ1v) is 5.62. The minimum atomic E-state index is -0.490. The fourth-order valence-corrected chi connectivity index (χ4v) is 1.54. The van der Waals surface area contributed by atoms with E-state index < -0.39 is 5.82 Å². The van der Waals surface area contributed by atoms with E-state index in [0.29, 0.717) is 19.7 Å². The standard InChI is InChI=1S/C13H17FN2O2/c1-17-9-12(18-2)8-16-7-10-3-4-13(14)11(5-10)6-15/h3-5,12,16H,7-9H2,1-2H3. The lowest BCUT2D eigenvalue weighted by molar-refractivity contribution is 0.0288. The van der Waals surface area contributed by atoms with Crippen molar-refractivity contribution in [2.45, 2.75) is 12.6 Å². The number of rotatable bonds is 7. The fourth-order valence-electron chi connectivity index (χ4n) is 1.54. The third-order valence-electron chi connectivity index (χ3n) is 2.54. The van der Waals surface area contributed by atoms with Gasteiger partial charge >= 0.3 is 0 Å². The number of nitrogens with zero attached hydrogens (tertiary/aromatic N) is 1. The van der Waals surface area contributed by atoms with Gasteiger partial charge in [-0.05, 0) is 17.7 Å². The molecule has 0 fully saturated rings. The Bertz CT molecular complexity index is 418. The van der Waals surface area contributed by atoms with Crippen LogP contribution in [0, 0.1) is 17.1 Å². The van der Waals surface area contributed by atoms with Crippen molar-refractivity contribution in [3.8, 4) is 6.07 Å². The van der Waals surface area contributed by atoms with E-state index in [1.165, 1.54) is 6.07 Å². The first-order valence-electron chi connectivity index (χ1n) is 5.62. The molecular formula is C13H17FN2O2. The van der Waals surface area contributed by atoms with Crippen molar-refractivity contribution in [3.63, 3.8) is 0 Å². The molecule has 18 heavy (non-hydrogen) atoms. The van der Waals surface area contributed by atoms with Gasteiger partial charge in [0.05, 0.1) is 18.3 Å². The summed E-state index contributed by atoms with van der Waals surface area (Å²) in [6.07, 6.45) is -0.0223. The van der Waals surface area contributed by atoms with Crippen LogP contribution in [0.2, 0.25) is 0 Å². The number of ether oxygens (including phenoxy) is 2. The second-order valence-electron chi connectivity index (χ2n) is 3.87. The molecule has 1 aromatic rings. The summed E-state index contributed by atoms with van der Waals surface area (Å²) in [6.45, 7) is 1.69. The number of hydrogen-bond acceptors (Lipinski definition) is 4. The largest absolute Gasteiger partial charge is 0.382 e. The lowest BCUT2D eigenvalue weighted by Gasteiger charge is -2.15. The van der Waals surface area contributed by atoms with Gasteiger partial charge in [0.15, 0.2) is 0 Å². The lowest BCUT2D eigenvalue weighted by Crippen LogP contribution is -2.31. The minimum absolute atomic E-state index is 0.0223. The summed E-state index contributed by atoms with van der Waals surface area (Å²) >= 11 is 0. The zero-order valence-corrected chi connectivity index (χ0v) is 10.6. The number of methoxy groups -OCH3 is 2. The molecule has 0 spiro atoms. The molecule has 0 bridgehead atoms. The van der Waals surface area contributed by atoms with Gasteiger partial charge in [0.1, 0.15) is 11.9 Å². The van der Waals surface area contributed by atoms with E-state index in [9.17, 15) is 4.39 Å². The van der Waals surface area contributed by atoms with Gasteiger partial charge < -0.3 is 14.8 Å². The molecule has 0 aliphatic rings. The molecule has 0 amide bonds. The molecule has 5 heteroatoms. The Morgan fingerprint density at radius 1 is 1.44 bits per heavy atom. The van der Waals surface area contributed by atoms with Crippen molar-refractivity contribution in [1.82, 2.24) is 5.32 Å². The van der Waals surface area contributed by atoms with E-state index in [1.807, 2.05) is 6.07 Å². The van der Waals surface area contributed by atoms with E-state index >= 15 is 0 Å². The SMILES string of the molecule is COCC(CNCc1ccc(F)c(C#N)c1)OC. The zero-order valence-electron chi connectivity index (χ0n) is 10.6. The molecule has 1 unspecified atom stereocenters. The number of nitriles is 1. The summed E-state index contributed by atoms with van der Waals surface area (Å²) in [5.41, 5.74) is 0.926. The fraction of sp³-hybridized carbons (Fsp3) is 0.462. The Balaban J connectivity index is 2.46. The number of nitrogens with one attached hydrogen (secondary N) is 1. The summed E-state index contributed by atoms with van der Waals surface area (Å²) in [4.78, 5) is 0. The Kier molecular flexibility index (Phi) is 6.29. The number of halogens is 1.